The van der Waals surface area contributed by atoms with Gasteiger partial charge in [0, 0.05) is 7.05 Å². The average Bonchev–Trinajstić information content (AvgIpc) is 3.20. The maximum absolute atomic E-state index is 5.88. The Morgan fingerprint density at radius 3 is 2.50 bits per heavy atom. The average molecular weight is 473 g/mol. The second-order valence-electron chi connectivity index (χ2n) is 7.98. The molecule has 6 heteroatoms. The van der Waals surface area contributed by atoms with Gasteiger partial charge in [-0.05, 0) is 42.4 Å². The van der Waals surface area contributed by atoms with E-state index in [0.717, 1.165) is 24.6 Å². The molecule has 0 spiro atoms. The topological polar surface area (TPSA) is 54.9 Å². The third-order valence-electron chi connectivity index (χ3n) is 5.04. The van der Waals surface area contributed by atoms with Gasteiger partial charge in [-0.15, -0.1) is 24.0 Å². The number of guanidine groups is 1. The summed E-state index contributed by atoms with van der Waals surface area (Å²) in [6.45, 7) is 7.96. The molecule has 0 aromatic heterocycles. The first-order valence-electron chi connectivity index (χ1n) is 9.31. The van der Waals surface area contributed by atoms with Crippen molar-refractivity contribution in [3.8, 4) is 5.75 Å². The molecule has 3 rings (SSSR count). The third kappa shape index (κ3) is 5.49. The molecule has 0 amide bonds. The predicted molar refractivity (Wildman–Crippen MR) is 117 cm³/mol. The second-order valence-corrected chi connectivity index (χ2v) is 7.98. The molecule has 2 N–H and O–H groups in total. The van der Waals surface area contributed by atoms with E-state index in [0.29, 0.717) is 31.4 Å². The lowest BCUT2D eigenvalue weighted by molar-refractivity contribution is 0.0992. The molecule has 2 heterocycles. The standard InChI is InChI=1S/C20H31N3O2.HI/c1-20(2,3)14-5-7-15(8-6-14)24-12-11-22-19(21-4)23-17-13-16-9-10-18(17)25-16;/h5-8,16-18H,9-13H2,1-4H3,(H2,21,22,23);1H. The van der Waals surface area contributed by atoms with E-state index in [9.17, 15) is 0 Å². The fourth-order valence-corrected chi connectivity index (χ4v) is 3.55. The highest BCUT2D eigenvalue weighted by molar-refractivity contribution is 14.0. The van der Waals surface area contributed by atoms with E-state index in [2.05, 4.69) is 48.5 Å². The van der Waals surface area contributed by atoms with Crippen molar-refractivity contribution in [1.82, 2.24) is 10.6 Å². The molecule has 3 atom stereocenters. The summed E-state index contributed by atoms with van der Waals surface area (Å²) in [5.74, 6) is 1.73. The van der Waals surface area contributed by atoms with Gasteiger partial charge in [-0.25, -0.2) is 0 Å². The van der Waals surface area contributed by atoms with Crippen molar-refractivity contribution in [3.05, 3.63) is 29.8 Å². The summed E-state index contributed by atoms with van der Waals surface area (Å²) in [5.41, 5.74) is 1.48. The van der Waals surface area contributed by atoms with Gasteiger partial charge in [0.05, 0.1) is 24.8 Å². The van der Waals surface area contributed by atoms with E-state index in [1.165, 1.54) is 12.0 Å². The van der Waals surface area contributed by atoms with Gasteiger partial charge in [0.1, 0.15) is 12.4 Å². The Labute approximate surface area is 174 Å². The lowest BCUT2D eigenvalue weighted by Gasteiger charge is -2.22. The van der Waals surface area contributed by atoms with Crippen molar-refractivity contribution in [3.63, 3.8) is 0 Å². The highest BCUT2D eigenvalue weighted by atomic mass is 127. The summed E-state index contributed by atoms with van der Waals surface area (Å²) in [6.07, 6.45) is 4.24. The molecule has 3 unspecified atom stereocenters. The summed E-state index contributed by atoms with van der Waals surface area (Å²) in [4.78, 5) is 4.30. The van der Waals surface area contributed by atoms with Crippen molar-refractivity contribution in [2.75, 3.05) is 20.2 Å². The maximum Gasteiger partial charge on any atom is 0.191 e. The van der Waals surface area contributed by atoms with Crippen molar-refractivity contribution in [1.29, 1.82) is 0 Å². The van der Waals surface area contributed by atoms with Crippen LogP contribution in [0.4, 0.5) is 0 Å². The Morgan fingerprint density at radius 2 is 1.96 bits per heavy atom. The van der Waals surface area contributed by atoms with Gasteiger partial charge < -0.3 is 20.1 Å². The molecule has 2 bridgehead atoms. The van der Waals surface area contributed by atoms with Crippen LogP contribution in [-0.4, -0.2) is 44.4 Å². The SMILES string of the molecule is CN=C(NCCOc1ccc(C(C)(C)C)cc1)NC1CC2CCC1O2.I. The maximum atomic E-state index is 5.88. The summed E-state index contributed by atoms with van der Waals surface area (Å²) in [7, 11) is 1.80. The van der Waals surface area contributed by atoms with Crippen LogP contribution in [0, 0.1) is 0 Å². The van der Waals surface area contributed by atoms with E-state index < -0.39 is 0 Å². The van der Waals surface area contributed by atoms with Gasteiger partial charge >= 0.3 is 0 Å². The number of hydrogen-bond donors (Lipinski definition) is 2. The third-order valence-corrected chi connectivity index (χ3v) is 5.04. The summed E-state index contributed by atoms with van der Waals surface area (Å²) in [5, 5.41) is 6.80. The smallest absolute Gasteiger partial charge is 0.191 e. The second kappa shape index (κ2) is 9.26. The molecule has 146 valence electrons. The number of benzene rings is 1. The monoisotopic (exact) mass is 473 g/mol. The molecule has 1 aromatic rings. The summed E-state index contributed by atoms with van der Waals surface area (Å²) >= 11 is 0. The molecule has 2 fully saturated rings. The minimum atomic E-state index is 0. The van der Waals surface area contributed by atoms with Gasteiger partial charge in [-0.2, -0.15) is 0 Å². The molecule has 2 saturated heterocycles. The van der Waals surface area contributed by atoms with Crippen LogP contribution in [0.2, 0.25) is 0 Å². The van der Waals surface area contributed by atoms with E-state index in [1.54, 1.807) is 7.05 Å². The number of hydrogen-bond acceptors (Lipinski definition) is 3. The molecule has 5 nitrogen and oxygen atoms in total. The van der Waals surface area contributed by atoms with Crippen LogP contribution in [0.15, 0.2) is 29.3 Å². The lowest BCUT2D eigenvalue weighted by atomic mass is 9.87. The van der Waals surface area contributed by atoms with Gasteiger partial charge in [0.2, 0.25) is 0 Å². The molecular weight excluding hydrogens is 441 g/mol. The molecule has 0 radical (unpaired) electrons. The molecule has 2 aliphatic rings. The van der Waals surface area contributed by atoms with Gasteiger partial charge in [0.15, 0.2) is 5.96 Å². The van der Waals surface area contributed by atoms with Crippen LogP contribution in [0.25, 0.3) is 0 Å². The lowest BCUT2D eigenvalue weighted by Crippen LogP contribution is -2.48. The summed E-state index contributed by atoms with van der Waals surface area (Å²) < 4.78 is 11.7. The quantitative estimate of drug-likeness (QED) is 0.298. The number of ether oxygens (including phenoxy) is 2. The van der Waals surface area contributed by atoms with Crippen LogP contribution >= 0.6 is 24.0 Å². The number of nitrogens with zero attached hydrogens (tertiary/aromatic N) is 1. The van der Waals surface area contributed by atoms with Crippen LogP contribution in [-0.2, 0) is 10.2 Å². The van der Waals surface area contributed by atoms with E-state index in [1.807, 2.05) is 12.1 Å². The molecular formula is C20H32IN3O2. The van der Waals surface area contributed by atoms with Crippen molar-refractivity contribution >= 4 is 29.9 Å². The zero-order valence-electron chi connectivity index (χ0n) is 16.2. The van der Waals surface area contributed by atoms with Gasteiger partial charge in [-0.3, -0.25) is 4.99 Å². The molecule has 2 aliphatic heterocycles. The molecule has 0 saturated carbocycles. The van der Waals surface area contributed by atoms with Crippen LogP contribution < -0.4 is 15.4 Å². The van der Waals surface area contributed by atoms with Crippen LogP contribution in [0.5, 0.6) is 5.75 Å². The largest absolute Gasteiger partial charge is 0.492 e. The Kier molecular flexibility index (Phi) is 7.58. The number of nitrogens with one attached hydrogen (secondary N) is 2. The number of aliphatic imine (C=N–C) groups is 1. The Morgan fingerprint density at radius 1 is 1.23 bits per heavy atom. The van der Waals surface area contributed by atoms with E-state index in [4.69, 9.17) is 9.47 Å². The van der Waals surface area contributed by atoms with Crippen molar-refractivity contribution in [2.24, 2.45) is 4.99 Å². The first-order chi connectivity index (χ1) is 12.0. The van der Waals surface area contributed by atoms with Crippen LogP contribution in [0.1, 0.15) is 45.6 Å². The normalized spacial score (nSPS) is 24.9. The minimum Gasteiger partial charge on any atom is -0.492 e. The molecule has 26 heavy (non-hydrogen) atoms. The number of fused-ring (bicyclic) bond motifs is 2. The van der Waals surface area contributed by atoms with Crippen LogP contribution in [0.3, 0.4) is 0 Å². The summed E-state index contributed by atoms with van der Waals surface area (Å²) in [6, 6.07) is 8.74. The highest BCUT2D eigenvalue weighted by Crippen LogP contribution is 2.34. The van der Waals surface area contributed by atoms with E-state index in [-0.39, 0.29) is 29.4 Å². The Bertz CT molecular complexity index is 598. The first kappa shape index (κ1) is 21.3. The number of rotatable bonds is 5. The number of halogens is 1. The Hall–Kier alpha value is -1.02. The van der Waals surface area contributed by atoms with Gasteiger partial charge in [-0.1, -0.05) is 32.9 Å². The fraction of sp³-hybridized carbons (Fsp3) is 0.650. The highest BCUT2D eigenvalue weighted by Gasteiger charge is 2.41. The zero-order valence-corrected chi connectivity index (χ0v) is 18.6. The zero-order chi connectivity index (χ0) is 17.9. The Balaban J connectivity index is 0.00000243. The van der Waals surface area contributed by atoms with E-state index >= 15 is 0 Å². The minimum absolute atomic E-state index is 0. The fourth-order valence-electron chi connectivity index (χ4n) is 3.55. The van der Waals surface area contributed by atoms with Crippen molar-refractivity contribution in [2.45, 2.75) is 63.7 Å². The van der Waals surface area contributed by atoms with Crippen molar-refractivity contribution < 1.29 is 9.47 Å². The predicted octanol–water partition coefficient (Wildman–Crippen LogP) is 3.47. The first-order valence-corrected chi connectivity index (χ1v) is 9.31. The molecule has 0 aliphatic carbocycles. The molecule has 1 aromatic carbocycles. The van der Waals surface area contributed by atoms with Gasteiger partial charge in [0.25, 0.3) is 0 Å².